The van der Waals surface area contributed by atoms with Crippen LogP contribution in [0.25, 0.3) is 11.5 Å². The molecule has 1 aromatic carbocycles. The lowest BCUT2D eigenvalue weighted by Gasteiger charge is -1.98. The molecular formula is C11H12BrN3O2. The van der Waals surface area contributed by atoms with Crippen molar-refractivity contribution in [1.82, 2.24) is 15.5 Å². The highest BCUT2D eigenvalue weighted by molar-refractivity contribution is 9.10. The molecule has 0 saturated heterocycles. The van der Waals surface area contributed by atoms with Gasteiger partial charge in [-0.1, -0.05) is 12.1 Å². The molecule has 0 atom stereocenters. The molecule has 0 unspecified atom stereocenters. The molecule has 1 aromatic heterocycles. The molecule has 0 fully saturated rings. The molecule has 1 heterocycles. The van der Waals surface area contributed by atoms with Crippen LogP contribution in [0.3, 0.4) is 0 Å². The third kappa shape index (κ3) is 3.12. The van der Waals surface area contributed by atoms with E-state index in [1.807, 2.05) is 24.3 Å². The highest BCUT2D eigenvalue weighted by atomic mass is 79.9. The van der Waals surface area contributed by atoms with Crippen molar-refractivity contribution in [2.45, 2.75) is 6.54 Å². The molecule has 0 aliphatic rings. The van der Waals surface area contributed by atoms with Gasteiger partial charge in [0, 0.05) is 11.0 Å². The number of nitrogens with one attached hydrogen (secondary N) is 1. The maximum Gasteiger partial charge on any atom is 0.248 e. The summed E-state index contributed by atoms with van der Waals surface area (Å²) in [5.41, 5.74) is 0.869. The number of aromatic nitrogens is 2. The van der Waals surface area contributed by atoms with Crippen LogP contribution in [0.15, 0.2) is 33.2 Å². The highest BCUT2D eigenvalue weighted by Crippen LogP contribution is 2.26. The number of aliphatic hydroxyl groups is 1. The lowest BCUT2D eigenvalue weighted by molar-refractivity contribution is 0.289. The van der Waals surface area contributed by atoms with Gasteiger partial charge in [-0.05, 0) is 28.1 Å². The average Bonchev–Trinajstić information content (AvgIpc) is 2.79. The fraction of sp³-hybridized carbons (Fsp3) is 0.273. The van der Waals surface area contributed by atoms with Crippen LogP contribution in [-0.2, 0) is 6.54 Å². The van der Waals surface area contributed by atoms with Crippen LogP contribution in [0, 0.1) is 0 Å². The smallest absolute Gasteiger partial charge is 0.248 e. The zero-order chi connectivity index (χ0) is 12.1. The van der Waals surface area contributed by atoms with E-state index in [2.05, 4.69) is 31.4 Å². The van der Waals surface area contributed by atoms with Crippen LogP contribution in [-0.4, -0.2) is 28.5 Å². The summed E-state index contributed by atoms with van der Waals surface area (Å²) in [6.45, 7) is 1.05. The third-order valence-electron chi connectivity index (χ3n) is 2.14. The quantitative estimate of drug-likeness (QED) is 0.820. The van der Waals surface area contributed by atoms with Crippen LogP contribution in [0.4, 0.5) is 0 Å². The van der Waals surface area contributed by atoms with E-state index in [9.17, 15) is 0 Å². The van der Waals surface area contributed by atoms with Gasteiger partial charge >= 0.3 is 0 Å². The van der Waals surface area contributed by atoms with Crippen molar-refractivity contribution >= 4 is 15.9 Å². The van der Waals surface area contributed by atoms with Crippen molar-refractivity contribution in [3.63, 3.8) is 0 Å². The average molecular weight is 298 g/mol. The van der Waals surface area contributed by atoms with Gasteiger partial charge in [-0.2, -0.15) is 0 Å². The maximum absolute atomic E-state index is 8.63. The SMILES string of the molecule is OCCNCc1nnc(-c2ccccc2Br)o1. The minimum atomic E-state index is 0.0885. The van der Waals surface area contributed by atoms with Crippen molar-refractivity contribution in [2.24, 2.45) is 0 Å². The third-order valence-corrected chi connectivity index (χ3v) is 2.83. The summed E-state index contributed by atoms with van der Waals surface area (Å²) < 4.78 is 6.42. The number of benzene rings is 1. The van der Waals surface area contributed by atoms with Gasteiger partial charge in [0.05, 0.1) is 18.7 Å². The van der Waals surface area contributed by atoms with E-state index in [4.69, 9.17) is 9.52 Å². The Balaban J connectivity index is 2.10. The number of aliphatic hydroxyl groups excluding tert-OH is 1. The van der Waals surface area contributed by atoms with E-state index >= 15 is 0 Å². The van der Waals surface area contributed by atoms with Gasteiger partial charge in [-0.25, -0.2) is 0 Å². The summed E-state index contributed by atoms with van der Waals surface area (Å²) in [6.07, 6.45) is 0. The van der Waals surface area contributed by atoms with E-state index < -0.39 is 0 Å². The second kappa shape index (κ2) is 5.90. The standard InChI is InChI=1S/C11H12BrN3O2/c12-9-4-2-1-3-8(9)11-15-14-10(17-11)7-13-5-6-16/h1-4,13,16H,5-7H2. The maximum atomic E-state index is 8.63. The number of rotatable bonds is 5. The van der Waals surface area contributed by atoms with Gasteiger partial charge in [0.25, 0.3) is 0 Å². The van der Waals surface area contributed by atoms with Crippen molar-refractivity contribution in [1.29, 1.82) is 0 Å². The Morgan fingerprint density at radius 1 is 1.29 bits per heavy atom. The second-order valence-corrected chi connectivity index (χ2v) is 4.24. The fourth-order valence-electron chi connectivity index (χ4n) is 1.34. The van der Waals surface area contributed by atoms with E-state index in [0.717, 1.165) is 10.0 Å². The van der Waals surface area contributed by atoms with E-state index in [-0.39, 0.29) is 6.61 Å². The molecule has 0 aliphatic heterocycles. The zero-order valence-corrected chi connectivity index (χ0v) is 10.6. The Morgan fingerprint density at radius 2 is 2.12 bits per heavy atom. The molecule has 0 saturated carbocycles. The molecule has 0 bridgehead atoms. The van der Waals surface area contributed by atoms with E-state index in [0.29, 0.717) is 24.9 Å². The summed E-state index contributed by atoms with van der Waals surface area (Å²) in [6, 6.07) is 7.66. The van der Waals surface area contributed by atoms with Crippen LogP contribution in [0.1, 0.15) is 5.89 Å². The first kappa shape index (κ1) is 12.2. The second-order valence-electron chi connectivity index (χ2n) is 3.38. The Morgan fingerprint density at radius 3 is 2.88 bits per heavy atom. The predicted octanol–water partition coefficient (Wildman–Crippen LogP) is 1.58. The lowest BCUT2D eigenvalue weighted by atomic mass is 10.2. The molecule has 0 spiro atoms. The van der Waals surface area contributed by atoms with Crippen molar-refractivity contribution < 1.29 is 9.52 Å². The zero-order valence-electron chi connectivity index (χ0n) is 9.06. The first-order valence-corrected chi connectivity index (χ1v) is 5.99. The van der Waals surface area contributed by atoms with Gasteiger partial charge < -0.3 is 14.8 Å². The van der Waals surface area contributed by atoms with E-state index in [1.54, 1.807) is 0 Å². The molecule has 0 radical (unpaired) electrons. The molecule has 5 nitrogen and oxygen atoms in total. The van der Waals surface area contributed by atoms with E-state index in [1.165, 1.54) is 0 Å². The lowest BCUT2D eigenvalue weighted by Crippen LogP contribution is -2.17. The van der Waals surface area contributed by atoms with Gasteiger partial charge in [-0.3, -0.25) is 0 Å². The molecule has 17 heavy (non-hydrogen) atoms. The number of hydrogen-bond acceptors (Lipinski definition) is 5. The van der Waals surface area contributed by atoms with Gasteiger partial charge in [-0.15, -0.1) is 10.2 Å². The van der Waals surface area contributed by atoms with Crippen molar-refractivity contribution in [2.75, 3.05) is 13.2 Å². The molecule has 90 valence electrons. The van der Waals surface area contributed by atoms with Crippen LogP contribution < -0.4 is 5.32 Å². The molecule has 0 amide bonds. The van der Waals surface area contributed by atoms with Crippen molar-refractivity contribution in [3.05, 3.63) is 34.6 Å². The highest BCUT2D eigenvalue weighted by Gasteiger charge is 2.10. The van der Waals surface area contributed by atoms with Gasteiger partial charge in [0.1, 0.15) is 0 Å². The van der Waals surface area contributed by atoms with Crippen LogP contribution in [0.2, 0.25) is 0 Å². The van der Waals surface area contributed by atoms with Crippen LogP contribution >= 0.6 is 15.9 Å². The largest absolute Gasteiger partial charge is 0.419 e. The summed E-state index contributed by atoms with van der Waals surface area (Å²) in [5.74, 6) is 0.988. The minimum Gasteiger partial charge on any atom is -0.419 e. The number of nitrogens with zero attached hydrogens (tertiary/aromatic N) is 2. The van der Waals surface area contributed by atoms with Gasteiger partial charge in [0.2, 0.25) is 11.8 Å². The topological polar surface area (TPSA) is 71.2 Å². The predicted molar refractivity (Wildman–Crippen MR) is 66.2 cm³/mol. The normalized spacial score (nSPS) is 10.7. The van der Waals surface area contributed by atoms with Crippen molar-refractivity contribution in [3.8, 4) is 11.5 Å². The first-order chi connectivity index (χ1) is 8.31. The number of halogens is 1. The molecule has 2 aromatic rings. The molecule has 0 aliphatic carbocycles. The first-order valence-electron chi connectivity index (χ1n) is 5.20. The fourth-order valence-corrected chi connectivity index (χ4v) is 1.80. The number of hydrogen-bond donors (Lipinski definition) is 2. The Bertz CT molecular complexity index is 487. The molecule has 2 N–H and O–H groups in total. The minimum absolute atomic E-state index is 0.0885. The van der Waals surface area contributed by atoms with Gasteiger partial charge in [0.15, 0.2) is 0 Å². The Labute approximate surface area is 107 Å². The molecule has 6 heteroatoms. The Hall–Kier alpha value is -1.24. The summed E-state index contributed by atoms with van der Waals surface area (Å²) in [5, 5.41) is 19.5. The summed E-state index contributed by atoms with van der Waals surface area (Å²) in [7, 11) is 0. The monoisotopic (exact) mass is 297 g/mol. The Kier molecular flexibility index (Phi) is 4.24. The summed E-state index contributed by atoms with van der Waals surface area (Å²) >= 11 is 3.43. The molecule has 2 rings (SSSR count). The summed E-state index contributed by atoms with van der Waals surface area (Å²) in [4.78, 5) is 0. The molecular weight excluding hydrogens is 286 g/mol. The van der Waals surface area contributed by atoms with Crippen LogP contribution in [0.5, 0.6) is 0 Å².